The van der Waals surface area contributed by atoms with Gasteiger partial charge >= 0.3 is 0 Å². The molecule has 0 atom stereocenters. The van der Waals surface area contributed by atoms with E-state index in [1.54, 1.807) is 24.3 Å². The molecule has 0 amide bonds. The maximum Gasteiger partial charge on any atom is 0.125 e. The number of aromatic hydroxyl groups is 1. The van der Waals surface area contributed by atoms with Crippen LogP contribution in [0.25, 0.3) is 0 Å². The van der Waals surface area contributed by atoms with Crippen molar-refractivity contribution in [2.45, 2.75) is 13.0 Å². The van der Waals surface area contributed by atoms with Crippen molar-refractivity contribution < 1.29 is 9.50 Å². The second-order valence-electron chi connectivity index (χ2n) is 4.72. The number of fused-ring (bicyclic) bond motifs is 1. The molecule has 1 heterocycles. The Hall–Kier alpha value is -1.74. The summed E-state index contributed by atoms with van der Waals surface area (Å²) in [6.07, 6.45) is 0.900. The number of anilines is 1. The first kappa shape index (κ1) is 12.3. The second-order valence-corrected chi connectivity index (χ2v) is 5.15. The number of benzene rings is 2. The first-order valence-electron chi connectivity index (χ1n) is 6.14. The van der Waals surface area contributed by atoms with E-state index in [1.807, 2.05) is 6.07 Å². The van der Waals surface area contributed by atoms with Crippen molar-refractivity contribution in [1.29, 1.82) is 0 Å². The maximum atomic E-state index is 13.3. The van der Waals surface area contributed by atoms with Crippen LogP contribution in [-0.2, 0) is 13.0 Å². The Balaban J connectivity index is 1.90. The topological polar surface area (TPSA) is 23.5 Å². The first-order valence-corrected chi connectivity index (χ1v) is 6.52. The molecule has 0 saturated carbocycles. The minimum atomic E-state index is -0.235. The standard InChI is InChI=1S/C15H13ClFNO/c16-12-2-4-15(19)11(7-12)9-18-6-5-10-1-3-13(17)8-14(10)18/h1-4,7-8,19H,5-6,9H2. The largest absolute Gasteiger partial charge is 0.508 e. The van der Waals surface area contributed by atoms with Gasteiger partial charge in [0, 0.05) is 29.4 Å². The van der Waals surface area contributed by atoms with Crippen LogP contribution >= 0.6 is 11.6 Å². The molecule has 1 N–H and O–H groups in total. The molecule has 0 aliphatic carbocycles. The molecule has 0 fully saturated rings. The van der Waals surface area contributed by atoms with E-state index in [9.17, 15) is 9.50 Å². The minimum absolute atomic E-state index is 0.217. The summed E-state index contributed by atoms with van der Waals surface area (Å²) in [5, 5.41) is 10.4. The first-order chi connectivity index (χ1) is 9.13. The van der Waals surface area contributed by atoms with Crippen LogP contribution in [0.4, 0.5) is 10.1 Å². The molecule has 1 aliphatic rings. The summed E-state index contributed by atoms with van der Waals surface area (Å²) in [5.74, 6) is -0.0183. The van der Waals surface area contributed by atoms with E-state index < -0.39 is 0 Å². The Kier molecular flexibility index (Phi) is 3.07. The summed E-state index contributed by atoms with van der Waals surface area (Å²) in [7, 11) is 0. The summed E-state index contributed by atoms with van der Waals surface area (Å²) < 4.78 is 13.3. The van der Waals surface area contributed by atoms with Crippen LogP contribution in [0.2, 0.25) is 5.02 Å². The molecule has 0 radical (unpaired) electrons. The van der Waals surface area contributed by atoms with Crippen LogP contribution in [-0.4, -0.2) is 11.7 Å². The van der Waals surface area contributed by atoms with Crippen molar-refractivity contribution in [1.82, 2.24) is 0 Å². The van der Waals surface area contributed by atoms with Gasteiger partial charge in [-0.1, -0.05) is 17.7 Å². The fourth-order valence-electron chi connectivity index (χ4n) is 2.47. The van der Waals surface area contributed by atoms with E-state index in [4.69, 9.17) is 11.6 Å². The van der Waals surface area contributed by atoms with Gasteiger partial charge < -0.3 is 10.0 Å². The zero-order valence-electron chi connectivity index (χ0n) is 10.2. The molecule has 2 aromatic carbocycles. The smallest absolute Gasteiger partial charge is 0.125 e. The highest BCUT2D eigenvalue weighted by atomic mass is 35.5. The summed E-state index contributed by atoms with van der Waals surface area (Å²) in [5.41, 5.74) is 2.80. The Bertz CT molecular complexity index is 630. The van der Waals surface area contributed by atoms with E-state index in [0.29, 0.717) is 11.6 Å². The van der Waals surface area contributed by atoms with E-state index >= 15 is 0 Å². The van der Waals surface area contributed by atoms with Gasteiger partial charge in [0.25, 0.3) is 0 Å². The number of rotatable bonds is 2. The van der Waals surface area contributed by atoms with E-state index in [1.165, 1.54) is 6.07 Å². The second kappa shape index (κ2) is 4.74. The average Bonchev–Trinajstić information content (AvgIpc) is 2.77. The van der Waals surface area contributed by atoms with Crippen LogP contribution in [0.5, 0.6) is 5.75 Å². The van der Waals surface area contributed by atoms with Crippen molar-refractivity contribution in [3.8, 4) is 5.75 Å². The molecule has 0 aromatic heterocycles. The van der Waals surface area contributed by atoms with Crippen LogP contribution in [0.3, 0.4) is 0 Å². The third-order valence-electron chi connectivity index (χ3n) is 3.44. The SMILES string of the molecule is Oc1ccc(Cl)cc1CN1CCc2ccc(F)cc21. The van der Waals surface area contributed by atoms with Crippen molar-refractivity contribution >= 4 is 17.3 Å². The van der Waals surface area contributed by atoms with Crippen LogP contribution in [0, 0.1) is 5.82 Å². The summed E-state index contributed by atoms with van der Waals surface area (Å²) >= 11 is 5.94. The molecule has 98 valence electrons. The molecule has 2 nitrogen and oxygen atoms in total. The Morgan fingerprint density at radius 3 is 2.89 bits per heavy atom. The fourth-order valence-corrected chi connectivity index (χ4v) is 2.66. The highest BCUT2D eigenvalue weighted by Crippen LogP contribution is 2.32. The molecular formula is C15H13ClFNO. The summed E-state index contributed by atoms with van der Waals surface area (Å²) in [4.78, 5) is 2.06. The molecule has 2 aromatic rings. The third-order valence-corrected chi connectivity index (χ3v) is 3.68. The molecule has 1 aliphatic heterocycles. The third kappa shape index (κ3) is 2.38. The van der Waals surface area contributed by atoms with E-state index in [0.717, 1.165) is 29.8 Å². The van der Waals surface area contributed by atoms with Crippen LogP contribution < -0.4 is 4.90 Å². The van der Waals surface area contributed by atoms with Crippen LogP contribution in [0.1, 0.15) is 11.1 Å². The van der Waals surface area contributed by atoms with Gasteiger partial charge in [-0.15, -0.1) is 0 Å². The molecule has 0 bridgehead atoms. The van der Waals surface area contributed by atoms with Gasteiger partial charge in [0.2, 0.25) is 0 Å². The number of hydrogen-bond acceptors (Lipinski definition) is 2. The number of phenols is 1. The molecule has 19 heavy (non-hydrogen) atoms. The predicted octanol–water partition coefficient (Wildman–Crippen LogP) is 3.75. The van der Waals surface area contributed by atoms with Gasteiger partial charge in [0.15, 0.2) is 0 Å². The van der Waals surface area contributed by atoms with Crippen molar-refractivity contribution in [2.24, 2.45) is 0 Å². The minimum Gasteiger partial charge on any atom is -0.508 e. The number of halogens is 2. The predicted molar refractivity (Wildman–Crippen MR) is 74.3 cm³/mol. The van der Waals surface area contributed by atoms with Gasteiger partial charge in [-0.2, -0.15) is 0 Å². The normalized spacial score (nSPS) is 13.7. The Labute approximate surface area is 116 Å². The number of nitrogens with zero attached hydrogens (tertiary/aromatic N) is 1. The highest BCUT2D eigenvalue weighted by molar-refractivity contribution is 6.30. The fraction of sp³-hybridized carbons (Fsp3) is 0.200. The average molecular weight is 278 g/mol. The number of phenolic OH excluding ortho intramolecular Hbond substituents is 1. The lowest BCUT2D eigenvalue weighted by molar-refractivity contribution is 0.467. The lowest BCUT2D eigenvalue weighted by atomic mass is 10.1. The summed E-state index contributed by atoms with van der Waals surface area (Å²) in [6, 6.07) is 9.83. The lowest BCUT2D eigenvalue weighted by Crippen LogP contribution is -2.19. The van der Waals surface area contributed by atoms with E-state index in [2.05, 4.69) is 4.90 Å². The van der Waals surface area contributed by atoms with E-state index in [-0.39, 0.29) is 11.6 Å². The Morgan fingerprint density at radius 2 is 2.05 bits per heavy atom. The highest BCUT2D eigenvalue weighted by Gasteiger charge is 2.20. The van der Waals surface area contributed by atoms with Crippen molar-refractivity contribution in [3.63, 3.8) is 0 Å². The summed E-state index contributed by atoms with van der Waals surface area (Å²) in [6.45, 7) is 1.35. The maximum absolute atomic E-state index is 13.3. The lowest BCUT2D eigenvalue weighted by Gasteiger charge is -2.20. The zero-order chi connectivity index (χ0) is 13.4. The molecule has 0 saturated heterocycles. The van der Waals surface area contributed by atoms with Crippen molar-refractivity contribution in [3.05, 3.63) is 58.4 Å². The molecular weight excluding hydrogens is 265 g/mol. The molecule has 3 rings (SSSR count). The van der Waals surface area contributed by atoms with Gasteiger partial charge in [-0.05, 0) is 42.3 Å². The van der Waals surface area contributed by atoms with Crippen molar-refractivity contribution in [2.75, 3.05) is 11.4 Å². The molecule has 4 heteroatoms. The quantitative estimate of drug-likeness (QED) is 0.904. The van der Waals surface area contributed by atoms with Crippen LogP contribution in [0.15, 0.2) is 36.4 Å². The monoisotopic (exact) mass is 277 g/mol. The number of hydrogen-bond donors (Lipinski definition) is 1. The van der Waals surface area contributed by atoms with Gasteiger partial charge in [0.05, 0.1) is 0 Å². The van der Waals surface area contributed by atoms with Gasteiger partial charge in [0.1, 0.15) is 11.6 Å². The molecule has 0 spiro atoms. The van der Waals surface area contributed by atoms with Gasteiger partial charge in [-0.3, -0.25) is 0 Å². The van der Waals surface area contributed by atoms with Gasteiger partial charge in [-0.25, -0.2) is 4.39 Å². The Morgan fingerprint density at radius 1 is 1.21 bits per heavy atom. The zero-order valence-corrected chi connectivity index (χ0v) is 11.0. The molecule has 0 unspecified atom stereocenters.